The Kier molecular flexibility index (Phi) is 5.11. The van der Waals surface area contributed by atoms with Crippen LogP contribution in [0.2, 0.25) is 0 Å². The molecule has 0 heterocycles. The highest BCUT2D eigenvalue weighted by atomic mass is 19.1. The molecule has 98 valence electrons. The van der Waals surface area contributed by atoms with Crippen molar-refractivity contribution in [3.63, 3.8) is 0 Å². The Balaban J connectivity index is 2.47. The van der Waals surface area contributed by atoms with Crippen LogP contribution in [0, 0.1) is 22.6 Å². The molecule has 0 saturated carbocycles. The van der Waals surface area contributed by atoms with Gasteiger partial charge in [-0.25, -0.2) is 4.39 Å². The average Bonchev–Trinajstić information content (AvgIpc) is 2.36. The fourth-order valence-corrected chi connectivity index (χ4v) is 1.60. The van der Waals surface area contributed by atoms with Gasteiger partial charge in [0.1, 0.15) is 11.6 Å². The molecule has 0 aliphatic heterocycles. The third kappa shape index (κ3) is 4.34. The topological polar surface area (TPSA) is 59.0 Å². The molecular weight excluding hydrogens is 231 g/mol. The molecule has 18 heavy (non-hydrogen) atoms. The molecule has 4 heteroatoms. The smallest absolute Gasteiger partial charge is 0.123 e. The lowest BCUT2D eigenvalue weighted by Crippen LogP contribution is -2.11. The lowest BCUT2D eigenvalue weighted by molar-refractivity contribution is 0.281. The van der Waals surface area contributed by atoms with Crippen molar-refractivity contribution in [2.24, 2.45) is 11.1 Å². The first-order valence-electron chi connectivity index (χ1n) is 6.01. The minimum atomic E-state index is -0.331. The number of hydrogen-bond acceptors (Lipinski definition) is 3. The van der Waals surface area contributed by atoms with Crippen LogP contribution in [0.4, 0.5) is 4.39 Å². The van der Waals surface area contributed by atoms with Gasteiger partial charge < -0.3 is 10.5 Å². The van der Waals surface area contributed by atoms with E-state index in [2.05, 4.69) is 6.07 Å². The summed E-state index contributed by atoms with van der Waals surface area (Å²) in [4.78, 5) is 0. The summed E-state index contributed by atoms with van der Waals surface area (Å²) in [5, 5.41) is 8.87. The van der Waals surface area contributed by atoms with Gasteiger partial charge in [-0.1, -0.05) is 0 Å². The van der Waals surface area contributed by atoms with Crippen molar-refractivity contribution in [2.45, 2.75) is 33.2 Å². The Bertz CT molecular complexity index is 438. The summed E-state index contributed by atoms with van der Waals surface area (Å²) in [5.41, 5.74) is 5.86. The molecule has 0 atom stereocenters. The van der Waals surface area contributed by atoms with Crippen LogP contribution in [0.5, 0.6) is 5.75 Å². The van der Waals surface area contributed by atoms with Crippen LogP contribution in [0.1, 0.15) is 32.3 Å². The van der Waals surface area contributed by atoms with E-state index in [-0.39, 0.29) is 17.8 Å². The number of nitrogens with zero attached hydrogens (tertiary/aromatic N) is 1. The van der Waals surface area contributed by atoms with E-state index in [0.717, 1.165) is 12.8 Å². The number of benzene rings is 1. The Labute approximate surface area is 107 Å². The van der Waals surface area contributed by atoms with E-state index in [9.17, 15) is 4.39 Å². The zero-order valence-electron chi connectivity index (χ0n) is 10.9. The molecule has 0 aliphatic carbocycles. The molecule has 0 fully saturated rings. The maximum Gasteiger partial charge on any atom is 0.123 e. The highest BCUT2D eigenvalue weighted by molar-refractivity contribution is 5.33. The van der Waals surface area contributed by atoms with E-state index >= 15 is 0 Å². The second-order valence-corrected chi connectivity index (χ2v) is 4.90. The van der Waals surface area contributed by atoms with Crippen LogP contribution in [-0.2, 0) is 6.54 Å². The van der Waals surface area contributed by atoms with E-state index < -0.39 is 0 Å². The fraction of sp³-hybridized carbons (Fsp3) is 0.500. The Morgan fingerprint density at radius 1 is 1.44 bits per heavy atom. The first-order chi connectivity index (χ1) is 8.48. The number of hydrogen-bond donors (Lipinski definition) is 1. The van der Waals surface area contributed by atoms with Gasteiger partial charge in [0.15, 0.2) is 0 Å². The number of ether oxygens (including phenoxy) is 1. The molecule has 1 rings (SSSR count). The number of halogens is 1. The Morgan fingerprint density at radius 2 is 2.17 bits per heavy atom. The molecule has 1 aromatic rings. The minimum Gasteiger partial charge on any atom is -0.493 e. The molecule has 0 spiro atoms. The van der Waals surface area contributed by atoms with Gasteiger partial charge in [-0.15, -0.1) is 0 Å². The van der Waals surface area contributed by atoms with Gasteiger partial charge in [-0.05, 0) is 44.9 Å². The van der Waals surface area contributed by atoms with Crippen LogP contribution < -0.4 is 10.5 Å². The third-order valence-electron chi connectivity index (χ3n) is 2.75. The third-order valence-corrected chi connectivity index (χ3v) is 2.75. The predicted octanol–water partition coefficient (Wildman–Crippen LogP) is 2.99. The fourth-order valence-electron chi connectivity index (χ4n) is 1.60. The minimum absolute atomic E-state index is 0.247. The van der Waals surface area contributed by atoms with Crippen molar-refractivity contribution >= 4 is 0 Å². The molecule has 0 aliphatic rings. The summed E-state index contributed by atoms with van der Waals surface area (Å²) in [7, 11) is 0. The summed E-state index contributed by atoms with van der Waals surface area (Å²) < 4.78 is 18.5. The van der Waals surface area contributed by atoms with Gasteiger partial charge in [0.25, 0.3) is 0 Å². The Morgan fingerprint density at radius 3 is 2.78 bits per heavy atom. The predicted molar refractivity (Wildman–Crippen MR) is 68.4 cm³/mol. The van der Waals surface area contributed by atoms with E-state index in [1.54, 1.807) is 6.07 Å². The van der Waals surface area contributed by atoms with Crippen LogP contribution in [0.3, 0.4) is 0 Å². The first-order valence-corrected chi connectivity index (χ1v) is 6.01. The molecular formula is C14H19FN2O. The zero-order chi connectivity index (χ0) is 13.6. The van der Waals surface area contributed by atoms with Gasteiger partial charge in [0.2, 0.25) is 0 Å². The van der Waals surface area contributed by atoms with E-state index in [1.165, 1.54) is 12.1 Å². The van der Waals surface area contributed by atoms with Crippen LogP contribution in [-0.4, -0.2) is 6.61 Å². The van der Waals surface area contributed by atoms with Gasteiger partial charge in [0.05, 0.1) is 18.1 Å². The molecule has 2 N–H and O–H groups in total. The molecule has 0 aromatic heterocycles. The van der Waals surface area contributed by atoms with Crippen molar-refractivity contribution in [1.82, 2.24) is 0 Å². The highest BCUT2D eigenvalue weighted by Gasteiger charge is 2.15. The van der Waals surface area contributed by atoms with Crippen molar-refractivity contribution in [3.8, 4) is 11.8 Å². The summed E-state index contributed by atoms with van der Waals surface area (Å²) in [6.07, 6.45) is 1.55. The quantitative estimate of drug-likeness (QED) is 0.789. The summed E-state index contributed by atoms with van der Waals surface area (Å²) in [5.74, 6) is 0.307. The normalized spacial score (nSPS) is 11.1. The standard InChI is InChI=1S/C14H19FN2O/c1-14(2,10-17)6-3-7-18-13-5-4-12(15)8-11(13)9-16/h4-5,8H,3,6-7,9,16H2,1-2H3. The summed E-state index contributed by atoms with van der Waals surface area (Å²) in [6, 6.07) is 6.57. The molecule has 0 saturated heterocycles. The van der Waals surface area contributed by atoms with Gasteiger partial charge in [-0.3, -0.25) is 0 Å². The van der Waals surface area contributed by atoms with Gasteiger partial charge >= 0.3 is 0 Å². The SMILES string of the molecule is CC(C)(C#N)CCCOc1ccc(F)cc1CN. The Hall–Kier alpha value is -1.60. The first kappa shape index (κ1) is 14.5. The van der Waals surface area contributed by atoms with Crippen LogP contribution >= 0.6 is 0 Å². The van der Waals surface area contributed by atoms with E-state index in [0.29, 0.717) is 17.9 Å². The zero-order valence-corrected chi connectivity index (χ0v) is 10.9. The maximum atomic E-state index is 13.0. The van der Waals surface area contributed by atoms with Gasteiger partial charge in [-0.2, -0.15) is 5.26 Å². The molecule has 0 bridgehead atoms. The molecule has 1 aromatic carbocycles. The van der Waals surface area contributed by atoms with Crippen LogP contribution in [0.15, 0.2) is 18.2 Å². The lowest BCUT2D eigenvalue weighted by Gasteiger charge is -2.15. The molecule has 0 amide bonds. The largest absolute Gasteiger partial charge is 0.493 e. The molecule has 3 nitrogen and oxygen atoms in total. The van der Waals surface area contributed by atoms with E-state index in [4.69, 9.17) is 15.7 Å². The summed E-state index contributed by atoms with van der Waals surface area (Å²) >= 11 is 0. The van der Waals surface area contributed by atoms with Crippen LogP contribution in [0.25, 0.3) is 0 Å². The second-order valence-electron chi connectivity index (χ2n) is 4.90. The van der Waals surface area contributed by atoms with Crippen molar-refractivity contribution < 1.29 is 9.13 Å². The van der Waals surface area contributed by atoms with Gasteiger partial charge in [0, 0.05) is 12.1 Å². The van der Waals surface area contributed by atoms with Crippen molar-refractivity contribution in [2.75, 3.05) is 6.61 Å². The number of nitriles is 1. The monoisotopic (exact) mass is 250 g/mol. The number of nitrogens with two attached hydrogens (primary N) is 1. The molecule has 0 unspecified atom stereocenters. The summed E-state index contributed by atoms with van der Waals surface area (Å²) in [6.45, 7) is 4.55. The van der Waals surface area contributed by atoms with E-state index in [1.807, 2.05) is 13.8 Å². The van der Waals surface area contributed by atoms with Crippen molar-refractivity contribution in [1.29, 1.82) is 5.26 Å². The maximum absolute atomic E-state index is 13.0. The molecule has 0 radical (unpaired) electrons. The highest BCUT2D eigenvalue weighted by Crippen LogP contribution is 2.22. The lowest BCUT2D eigenvalue weighted by atomic mass is 9.90. The average molecular weight is 250 g/mol. The number of rotatable bonds is 6. The van der Waals surface area contributed by atoms with Crippen molar-refractivity contribution in [3.05, 3.63) is 29.6 Å². The second kappa shape index (κ2) is 6.36.